The Morgan fingerprint density at radius 2 is 1.74 bits per heavy atom. The number of benzene rings is 2. The molecule has 3 aromatic rings. The second kappa shape index (κ2) is 8.74. The molecule has 0 bridgehead atoms. The molecule has 3 aliphatic rings. The molecule has 0 saturated carbocycles. The average Bonchev–Trinajstić information content (AvgIpc) is 3.36. The normalized spacial score (nSPS) is 17.7. The lowest BCUT2D eigenvalue weighted by molar-refractivity contribution is 0.313. The van der Waals surface area contributed by atoms with Gasteiger partial charge >= 0.3 is 0 Å². The Balaban J connectivity index is 1.25. The van der Waals surface area contributed by atoms with Gasteiger partial charge < -0.3 is 20.0 Å². The van der Waals surface area contributed by atoms with E-state index in [1.54, 1.807) is 0 Å². The maximum absolute atomic E-state index is 6.50. The van der Waals surface area contributed by atoms with Gasteiger partial charge in [0, 0.05) is 72.0 Å². The van der Waals surface area contributed by atoms with Gasteiger partial charge in [-0.25, -0.2) is 4.98 Å². The van der Waals surface area contributed by atoms with Crippen LogP contribution >= 0.6 is 11.6 Å². The molecule has 1 N–H and O–H groups in total. The molecule has 1 saturated heterocycles. The van der Waals surface area contributed by atoms with E-state index in [0.717, 1.165) is 73.3 Å². The van der Waals surface area contributed by atoms with Crippen molar-refractivity contribution >= 4 is 52.2 Å². The van der Waals surface area contributed by atoms with Gasteiger partial charge in [0.2, 0.25) is 5.95 Å². The lowest BCUT2D eigenvalue weighted by Gasteiger charge is -2.34. The molecule has 34 heavy (non-hydrogen) atoms. The van der Waals surface area contributed by atoms with E-state index in [1.807, 2.05) is 30.5 Å². The molecule has 4 heterocycles. The van der Waals surface area contributed by atoms with Gasteiger partial charge in [0.05, 0.1) is 6.54 Å². The summed E-state index contributed by atoms with van der Waals surface area (Å²) < 4.78 is 0. The SMILES string of the molecule is CN1CCN(c2ccc(Nc3ncc4c(n3)N3CCN=C3C(c3ccccc3Cl)=C4)cc2)CC1. The van der Waals surface area contributed by atoms with Crippen molar-refractivity contribution in [3.05, 3.63) is 70.9 Å². The molecule has 2 aromatic carbocycles. The van der Waals surface area contributed by atoms with E-state index >= 15 is 0 Å². The van der Waals surface area contributed by atoms with Gasteiger partial charge in [-0.3, -0.25) is 4.99 Å². The lowest BCUT2D eigenvalue weighted by Crippen LogP contribution is -2.44. The molecule has 0 atom stereocenters. The standard InChI is InChI=1S/C26H26ClN7/c1-32-12-14-33(15-13-32)20-8-6-19(7-9-20)30-26-29-17-18-16-22(21-4-2-3-5-23(21)27)25-28-10-11-34(25)24(18)31-26/h2-9,16-17H,10-15H2,1H3,(H,29,30,31). The van der Waals surface area contributed by atoms with Crippen molar-refractivity contribution in [1.82, 2.24) is 14.9 Å². The number of anilines is 4. The maximum Gasteiger partial charge on any atom is 0.229 e. The highest BCUT2D eigenvalue weighted by Gasteiger charge is 2.31. The number of halogens is 1. The summed E-state index contributed by atoms with van der Waals surface area (Å²) in [5.41, 5.74) is 5.17. The summed E-state index contributed by atoms with van der Waals surface area (Å²) in [6, 6.07) is 16.4. The van der Waals surface area contributed by atoms with Crippen LogP contribution in [0.1, 0.15) is 11.1 Å². The van der Waals surface area contributed by atoms with Crippen molar-refractivity contribution in [3.63, 3.8) is 0 Å². The van der Waals surface area contributed by atoms with E-state index in [2.05, 4.69) is 62.4 Å². The van der Waals surface area contributed by atoms with Crippen LogP contribution in [0.4, 0.5) is 23.1 Å². The fourth-order valence-corrected chi connectivity index (χ4v) is 4.93. The predicted octanol–water partition coefficient (Wildman–Crippen LogP) is 4.40. The Morgan fingerprint density at radius 3 is 2.53 bits per heavy atom. The predicted molar refractivity (Wildman–Crippen MR) is 140 cm³/mol. The van der Waals surface area contributed by atoms with E-state index < -0.39 is 0 Å². The Hall–Kier alpha value is -3.42. The fourth-order valence-electron chi connectivity index (χ4n) is 4.69. The summed E-state index contributed by atoms with van der Waals surface area (Å²) >= 11 is 6.50. The molecule has 8 heteroatoms. The average molecular weight is 472 g/mol. The Kier molecular flexibility index (Phi) is 5.43. The summed E-state index contributed by atoms with van der Waals surface area (Å²) in [5.74, 6) is 2.37. The monoisotopic (exact) mass is 471 g/mol. The Morgan fingerprint density at radius 1 is 0.941 bits per heavy atom. The molecule has 7 nitrogen and oxygen atoms in total. The van der Waals surface area contributed by atoms with Crippen molar-refractivity contribution in [2.75, 3.05) is 61.4 Å². The number of likely N-dealkylation sites (N-methyl/N-ethyl adjacent to an activating group) is 1. The molecule has 3 aliphatic heterocycles. The number of rotatable bonds is 4. The molecule has 0 aliphatic carbocycles. The number of fused-ring (bicyclic) bond motifs is 3. The number of nitrogens with zero attached hydrogens (tertiary/aromatic N) is 6. The van der Waals surface area contributed by atoms with Crippen LogP contribution in [-0.2, 0) is 0 Å². The quantitative estimate of drug-likeness (QED) is 0.608. The molecule has 1 fully saturated rings. The van der Waals surface area contributed by atoms with E-state index in [-0.39, 0.29) is 0 Å². The first kappa shape index (κ1) is 21.1. The molecule has 0 radical (unpaired) electrons. The highest BCUT2D eigenvalue weighted by molar-refractivity contribution is 6.40. The maximum atomic E-state index is 6.50. The zero-order chi connectivity index (χ0) is 23.1. The van der Waals surface area contributed by atoms with Crippen molar-refractivity contribution < 1.29 is 0 Å². The number of nitrogens with one attached hydrogen (secondary N) is 1. The van der Waals surface area contributed by atoms with Gasteiger partial charge in [-0.05, 0) is 43.5 Å². The van der Waals surface area contributed by atoms with Gasteiger partial charge in [-0.2, -0.15) is 4.98 Å². The topological polar surface area (TPSA) is 59.9 Å². The minimum Gasteiger partial charge on any atom is -0.369 e. The molecule has 1 aromatic heterocycles. The van der Waals surface area contributed by atoms with Crippen molar-refractivity contribution in [2.24, 2.45) is 4.99 Å². The van der Waals surface area contributed by atoms with Crippen molar-refractivity contribution in [3.8, 4) is 0 Å². The van der Waals surface area contributed by atoms with Crippen LogP contribution in [0.3, 0.4) is 0 Å². The van der Waals surface area contributed by atoms with Crippen LogP contribution in [0, 0.1) is 0 Å². The van der Waals surface area contributed by atoms with Gasteiger partial charge in [-0.1, -0.05) is 29.8 Å². The number of amidine groups is 1. The number of hydrogen-bond acceptors (Lipinski definition) is 7. The highest BCUT2D eigenvalue weighted by Crippen LogP contribution is 2.37. The summed E-state index contributed by atoms with van der Waals surface area (Å²) in [5, 5.41) is 4.08. The van der Waals surface area contributed by atoms with Gasteiger partial charge in [0.15, 0.2) is 0 Å². The second-order valence-corrected chi connectivity index (χ2v) is 9.24. The van der Waals surface area contributed by atoms with Crippen LogP contribution in [0.5, 0.6) is 0 Å². The first-order valence-electron chi connectivity index (χ1n) is 11.6. The lowest BCUT2D eigenvalue weighted by atomic mass is 9.98. The smallest absolute Gasteiger partial charge is 0.229 e. The van der Waals surface area contributed by atoms with E-state index in [0.29, 0.717) is 11.0 Å². The molecular formula is C26H26ClN7. The number of aromatic nitrogens is 2. The second-order valence-electron chi connectivity index (χ2n) is 8.83. The minimum atomic E-state index is 0.576. The summed E-state index contributed by atoms with van der Waals surface area (Å²) in [4.78, 5) is 21.2. The third kappa shape index (κ3) is 3.91. The van der Waals surface area contributed by atoms with E-state index in [4.69, 9.17) is 21.6 Å². The molecule has 172 valence electrons. The zero-order valence-corrected chi connectivity index (χ0v) is 19.8. The van der Waals surface area contributed by atoms with Crippen LogP contribution < -0.4 is 15.1 Å². The van der Waals surface area contributed by atoms with Crippen LogP contribution in [-0.4, -0.2) is 67.0 Å². The van der Waals surface area contributed by atoms with Gasteiger partial charge in [0.1, 0.15) is 11.7 Å². The third-order valence-corrected chi connectivity index (χ3v) is 6.92. The summed E-state index contributed by atoms with van der Waals surface area (Å²) in [6.45, 7) is 5.83. The Labute approximate surface area is 204 Å². The van der Waals surface area contributed by atoms with Gasteiger partial charge in [-0.15, -0.1) is 0 Å². The highest BCUT2D eigenvalue weighted by atomic mass is 35.5. The van der Waals surface area contributed by atoms with Gasteiger partial charge in [0.25, 0.3) is 0 Å². The summed E-state index contributed by atoms with van der Waals surface area (Å²) in [7, 11) is 2.17. The largest absolute Gasteiger partial charge is 0.369 e. The Bertz CT molecular complexity index is 1280. The fraction of sp³-hybridized carbons (Fsp3) is 0.269. The van der Waals surface area contributed by atoms with E-state index in [1.165, 1.54) is 5.69 Å². The zero-order valence-electron chi connectivity index (χ0n) is 19.1. The van der Waals surface area contributed by atoms with Crippen molar-refractivity contribution in [2.45, 2.75) is 0 Å². The number of hydrogen-bond donors (Lipinski definition) is 1. The molecule has 0 amide bonds. The molecular weight excluding hydrogens is 446 g/mol. The van der Waals surface area contributed by atoms with Crippen LogP contribution in [0.15, 0.2) is 59.7 Å². The molecule has 0 spiro atoms. The summed E-state index contributed by atoms with van der Waals surface area (Å²) in [6.07, 6.45) is 3.96. The van der Waals surface area contributed by atoms with E-state index in [9.17, 15) is 0 Å². The van der Waals surface area contributed by atoms with Crippen LogP contribution in [0.2, 0.25) is 5.02 Å². The number of piperazine rings is 1. The molecule has 0 unspecified atom stereocenters. The molecule has 6 rings (SSSR count). The first-order chi connectivity index (χ1) is 16.7. The third-order valence-electron chi connectivity index (χ3n) is 6.59. The van der Waals surface area contributed by atoms with Crippen LogP contribution in [0.25, 0.3) is 11.6 Å². The first-order valence-corrected chi connectivity index (χ1v) is 12.0. The minimum absolute atomic E-state index is 0.576. The number of aliphatic imine (C=N–C) groups is 1. The van der Waals surface area contributed by atoms with Crippen molar-refractivity contribution in [1.29, 1.82) is 0 Å².